The van der Waals surface area contributed by atoms with E-state index in [-0.39, 0.29) is 0 Å². The van der Waals surface area contributed by atoms with Crippen LogP contribution >= 0.6 is 23.2 Å². The lowest BCUT2D eigenvalue weighted by molar-refractivity contribution is 0.482. The van der Waals surface area contributed by atoms with Crippen molar-refractivity contribution in [2.24, 2.45) is 5.73 Å². The van der Waals surface area contributed by atoms with Crippen LogP contribution in [-0.4, -0.2) is 6.54 Å². The van der Waals surface area contributed by atoms with Crippen molar-refractivity contribution >= 4 is 23.2 Å². The molecule has 0 aliphatic carbocycles. The second-order valence-electron chi connectivity index (χ2n) is 4.51. The molecule has 0 radical (unpaired) electrons. The highest BCUT2D eigenvalue weighted by atomic mass is 35.5. The predicted octanol–water partition coefficient (Wildman–Crippen LogP) is 4.85. The SMILES string of the molecule is CCc1cc(Oc2ccc(CCN)cc2Cl)ccc1Cl. The summed E-state index contributed by atoms with van der Waals surface area (Å²) < 4.78 is 5.82. The van der Waals surface area contributed by atoms with Crippen LogP contribution in [0, 0.1) is 0 Å². The van der Waals surface area contributed by atoms with Crippen molar-refractivity contribution in [2.45, 2.75) is 19.8 Å². The van der Waals surface area contributed by atoms with E-state index in [1.165, 1.54) is 0 Å². The first-order valence-electron chi connectivity index (χ1n) is 6.58. The van der Waals surface area contributed by atoms with Crippen molar-refractivity contribution in [1.29, 1.82) is 0 Å². The topological polar surface area (TPSA) is 35.2 Å². The van der Waals surface area contributed by atoms with Gasteiger partial charge >= 0.3 is 0 Å². The lowest BCUT2D eigenvalue weighted by Crippen LogP contribution is -2.02. The third-order valence-electron chi connectivity index (χ3n) is 3.06. The molecule has 0 saturated carbocycles. The van der Waals surface area contributed by atoms with Gasteiger partial charge in [-0.3, -0.25) is 0 Å². The first-order valence-corrected chi connectivity index (χ1v) is 7.34. The zero-order valence-corrected chi connectivity index (χ0v) is 12.8. The summed E-state index contributed by atoms with van der Waals surface area (Å²) in [7, 11) is 0. The van der Waals surface area contributed by atoms with Gasteiger partial charge in [-0.15, -0.1) is 0 Å². The zero-order valence-electron chi connectivity index (χ0n) is 11.3. The van der Waals surface area contributed by atoms with E-state index in [2.05, 4.69) is 6.92 Å². The standard InChI is InChI=1S/C16H17Cl2NO/c1-2-12-10-13(4-5-14(12)17)20-16-6-3-11(7-8-19)9-15(16)18/h3-6,9-10H,2,7-8,19H2,1H3. The highest BCUT2D eigenvalue weighted by molar-refractivity contribution is 6.32. The quantitative estimate of drug-likeness (QED) is 0.857. The Labute approximate surface area is 129 Å². The van der Waals surface area contributed by atoms with Crippen LogP contribution in [-0.2, 0) is 12.8 Å². The first-order chi connectivity index (χ1) is 9.63. The van der Waals surface area contributed by atoms with Crippen LogP contribution in [0.1, 0.15) is 18.1 Å². The number of ether oxygens (including phenoxy) is 1. The van der Waals surface area contributed by atoms with Crippen molar-refractivity contribution in [1.82, 2.24) is 0 Å². The van der Waals surface area contributed by atoms with E-state index >= 15 is 0 Å². The van der Waals surface area contributed by atoms with E-state index in [1.54, 1.807) is 0 Å². The van der Waals surface area contributed by atoms with Gasteiger partial charge in [-0.1, -0.05) is 36.2 Å². The Morgan fingerprint density at radius 3 is 2.50 bits per heavy atom. The molecule has 0 bridgehead atoms. The predicted molar refractivity (Wildman–Crippen MR) is 85.1 cm³/mol. The minimum Gasteiger partial charge on any atom is -0.456 e. The minimum atomic E-state index is 0.587. The maximum atomic E-state index is 6.23. The second kappa shape index (κ2) is 6.98. The van der Waals surface area contributed by atoms with Crippen LogP contribution in [0.4, 0.5) is 0 Å². The molecule has 0 spiro atoms. The Morgan fingerprint density at radius 2 is 1.85 bits per heavy atom. The van der Waals surface area contributed by atoms with Crippen molar-refractivity contribution in [2.75, 3.05) is 6.54 Å². The van der Waals surface area contributed by atoms with Crippen LogP contribution in [0.3, 0.4) is 0 Å². The molecule has 2 N–H and O–H groups in total. The van der Waals surface area contributed by atoms with Crippen LogP contribution in [0.15, 0.2) is 36.4 Å². The largest absolute Gasteiger partial charge is 0.456 e. The van der Waals surface area contributed by atoms with Crippen molar-refractivity contribution in [3.05, 3.63) is 57.6 Å². The number of benzene rings is 2. The van der Waals surface area contributed by atoms with Gasteiger partial charge in [-0.05, 0) is 60.8 Å². The fourth-order valence-corrected chi connectivity index (χ4v) is 2.45. The average Bonchev–Trinajstić information content (AvgIpc) is 2.44. The first kappa shape index (κ1) is 15.2. The van der Waals surface area contributed by atoms with E-state index in [0.29, 0.717) is 17.3 Å². The monoisotopic (exact) mass is 309 g/mol. The van der Waals surface area contributed by atoms with Gasteiger partial charge < -0.3 is 10.5 Å². The molecule has 0 heterocycles. The molecular weight excluding hydrogens is 293 g/mol. The third kappa shape index (κ3) is 3.66. The number of nitrogens with two attached hydrogens (primary N) is 1. The summed E-state index contributed by atoms with van der Waals surface area (Å²) in [5, 5.41) is 1.34. The van der Waals surface area contributed by atoms with Crippen LogP contribution < -0.4 is 10.5 Å². The normalized spacial score (nSPS) is 10.6. The molecule has 0 fully saturated rings. The van der Waals surface area contributed by atoms with Gasteiger partial charge in [0.25, 0.3) is 0 Å². The summed E-state index contributed by atoms with van der Waals surface area (Å²) in [6.07, 6.45) is 1.67. The summed E-state index contributed by atoms with van der Waals surface area (Å²) in [6, 6.07) is 11.4. The average molecular weight is 310 g/mol. The number of halogens is 2. The van der Waals surface area contributed by atoms with Crippen molar-refractivity contribution < 1.29 is 4.74 Å². The highest BCUT2D eigenvalue weighted by Gasteiger charge is 2.06. The van der Waals surface area contributed by atoms with E-state index < -0.39 is 0 Å². The van der Waals surface area contributed by atoms with Gasteiger partial charge in [0.2, 0.25) is 0 Å². The molecular formula is C16H17Cl2NO. The molecule has 2 aromatic rings. The molecule has 0 aliphatic heterocycles. The van der Waals surface area contributed by atoms with Gasteiger partial charge in [-0.2, -0.15) is 0 Å². The summed E-state index contributed by atoms with van der Waals surface area (Å²) in [5.74, 6) is 1.37. The molecule has 0 saturated heterocycles. The third-order valence-corrected chi connectivity index (χ3v) is 3.72. The lowest BCUT2D eigenvalue weighted by atomic mass is 10.1. The van der Waals surface area contributed by atoms with Crippen LogP contribution in [0.25, 0.3) is 0 Å². The van der Waals surface area contributed by atoms with Gasteiger partial charge in [0, 0.05) is 5.02 Å². The lowest BCUT2D eigenvalue weighted by Gasteiger charge is -2.10. The van der Waals surface area contributed by atoms with E-state index in [9.17, 15) is 0 Å². The van der Waals surface area contributed by atoms with E-state index in [0.717, 1.165) is 34.7 Å². The minimum absolute atomic E-state index is 0.587. The van der Waals surface area contributed by atoms with Gasteiger partial charge in [0.1, 0.15) is 11.5 Å². The summed E-state index contributed by atoms with van der Waals surface area (Å²) in [6.45, 7) is 2.66. The van der Waals surface area contributed by atoms with E-state index in [1.807, 2.05) is 36.4 Å². The molecule has 106 valence electrons. The van der Waals surface area contributed by atoms with Gasteiger partial charge in [0.15, 0.2) is 0 Å². The van der Waals surface area contributed by atoms with Crippen LogP contribution in [0.5, 0.6) is 11.5 Å². The van der Waals surface area contributed by atoms with Crippen molar-refractivity contribution in [3.8, 4) is 11.5 Å². The summed E-state index contributed by atoms with van der Waals surface area (Å²) in [5.41, 5.74) is 7.69. The molecule has 4 heteroatoms. The Balaban J connectivity index is 2.21. The molecule has 2 rings (SSSR count). The fourth-order valence-electron chi connectivity index (χ4n) is 1.96. The molecule has 2 aromatic carbocycles. The number of aryl methyl sites for hydroxylation is 1. The van der Waals surface area contributed by atoms with Crippen LogP contribution in [0.2, 0.25) is 10.0 Å². The molecule has 0 aliphatic rings. The molecule has 0 unspecified atom stereocenters. The Morgan fingerprint density at radius 1 is 1.05 bits per heavy atom. The Bertz CT molecular complexity index is 599. The molecule has 0 amide bonds. The molecule has 2 nitrogen and oxygen atoms in total. The smallest absolute Gasteiger partial charge is 0.146 e. The molecule has 0 aromatic heterocycles. The number of hydrogen-bond acceptors (Lipinski definition) is 2. The molecule has 0 atom stereocenters. The van der Waals surface area contributed by atoms with Gasteiger partial charge in [0.05, 0.1) is 5.02 Å². The second-order valence-corrected chi connectivity index (χ2v) is 5.33. The summed E-state index contributed by atoms with van der Waals surface area (Å²) in [4.78, 5) is 0. The van der Waals surface area contributed by atoms with E-state index in [4.69, 9.17) is 33.7 Å². The Hall–Kier alpha value is -1.22. The highest BCUT2D eigenvalue weighted by Crippen LogP contribution is 2.32. The maximum Gasteiger partial charge on any atom is 0.146 e. The Kier molecular flexibility index (Phi) is 5.30. The number of rotatable bonds is 5. The van der Waals surface area contributed by atoms with Gasteiger partial charge in [-0.25, -0.2) is 0 Å². The molecule has 20 heavy (non-hydrogen) atoms. The van der Waals surface area contributed by atoms with Crippen molar-refractivity contribution in [3.63, 3.8) is 0 Å². The zero-order chi connectivity index (χ0) is 14.5. The maximum absolute atomic E-state index is 6.23. The summed E-state index contributed by atoms with van der Waals surface area (Å²) >= 11 is 12.3. The number of hydrogen-bond donors (Lipinski definition) is 1. The fraction of sp³-hybridized carbons (Fsp3) is 0.250.